The molecule has 0 aliphatic carbocycles. The maximum absolute atomic E-state index is 11.8. The summed E-state index contributed by atoms with van der Waals surface area (Å²) in [6, 6.07) is 12.7. The summed E-state index contributed by atoms with van der Waals surface area (Å²) in [5.41, 5.74) is 4.07. The van der Waals surface area contributed by atoms with Crippen LogP contribution < -0.4 is 9.47 Å². The molecule has 1 fully saturated rings. The van der Waals surface area contributed by atoms with Gasteiger partial charge in [-0.05, 0) is 55.6 Å². The van der Waals surface area contributed by atoms with Gasteiger partial charge in [0.15, 0.2) is 0 Å². The molecule has 9 heteroatoms. The van der Waals surface area contributed by atoms with Crippen molar-refractivity contribution in [3.05, 3.63) is 86.1 Å². The molecule has 37 heavy (non-hydrogen) atoms. The lowest BCUT2D eigenvalue weighted by Crippen LogP contribution is -2.44. The number of hydrogen-bond acceptors (Lipinski definition) is 6. The van der Waals surface area contributed by atoms with Crippen LogP contribution in [-0.4, -0.2) is 33.5 Å². The molecule has 2 heterocycles. The second-order valence-corrected chi connectivity index (χ2v) is 10.3. The number of benzene rings is 2. The van der Waals surface area contributed by atoms with Crippen molar-refractivity contribution in [3.8, 4) is 17.6 Å². The average molecular weight is 585 g/mol. The molecule has 7 nitrogen and oxygen atoms in total. The van der Waals surface area contributed by atoms with Crippen molar-refractivity contribution in [2.24, 2.45) is 0 Å². The van der Waals surface area contributed by atoms with Crippen molar-refractivity contribution in [1.29, 1.82) is 5.26 Å². The number of nitrogens with zero attached hydrogens (tertiary/aromatic N) is 3. The molecular weight excluding hydrogens is 558 g/mol. The van der Waals surface area contributed by atoms with E-state index in [1.807, 2.05) is 30.0 Å². The van der Waals surface area contributed by atoms with Gasteiger partial charge < -0.3 is 14.6 Å². The van der Waals surface area contributed by atoms with Gasteiger partial charge in [0, 0.05) is 40.6 Å². The summed E-state index contributed by atoms with van der Waals surface area (Å²) < 4.78 is 13.3. The van der Waals surface area contributed by atoms with Crippen molar-refractivity contribution >= 4 is 33.5 Å². The van der Waals surface area contributed by atoms with Crippen molar-refractivity contribution in [3.63, 3.8) is 0 Å². The predicted octanol–water partition coefficient (Wildman–Crippen LogP) is 6.27. The van der Waals surface area contributed by atoms with Gasteiger partial charge in [-0.2, -0.15) is 5.26 Å². The van der Waals surface area contributed by atoms with E-state index in [0.717, 1.165) is 39.6 Å². The SMILES string of the molecule is Cc1c(Br)cccc1COc1cc(OCc2cncc(C#N)c2)c(CN2CCCC[C@H]2C(=O)O)cc1Cl. The molecule has 2 aromatic carbocycles. The fourth-order valence-electron chi connectivity index (χ4n) is 4.38. The molecule has 0 spiro atoms. The first-order valence-electron chi connectivity index (χ1n) is 12.0. The Kier molecular flexibility index (Phi) is 9.04. The number of pyridine rings is 1. The lowest BCUT2D eigenvalue weighted by molar-refractivity contribution is -0.144. The molecule has 1 saturated heterocycles. The smallest absolute Gasteiger partial charge is 0.320 e. The minimum atomic E-state index is -0.822. The number of rotatable bonds is 9. The molecule has 1 N–H and O–H groups in total. The van der Waals surface area contributed by atoms with Gasteiger partial charge in [0.2, 0.25) is 0 Å². The second-order valence-electron chi connectivity index (χ2n) is 9.01. The van der Waals surface area contributed by atoms with Crippen LogP contribution in [0.4, 0.5) is 0 Å². The molecule has 0 amide bonds. The van der Waals surface area contributed by atoms with Gasteiger partial charge in [-0.1, -0.05) is 46.1 Å². The zero-order chi connectivity index (χ0) is 26.4. The fourth-order valence-corrected chi connectivity index (χ4v) is 5.02. The highest BCUT2D eigenvalue weighted by atomic mass is 79.9. The number of carbonyl (C=O) groups is 1. The van der Waals surface area contributed by atoms with E-state index in [9.17, 15) is 15.2 Å². The van der Waals surface area contributed by atoms with E-state index in [-0.39, 0.29) is 6.61 Å². The molecule has 3 aromatic rings. The first kappa shape index (κ1) is 26.9. The van der Waals surface area contributed by atoms with E-state index in [4.69, 9.17) is 21.1 Å². The first-order chi connectivity index (χ1) is 17.9. The average Bonchev–Trinajstić information content (AvgIpc) is 2.90. The van der Waals surface area contributed by atoms with Crippen molar-refractivity contribution < 1.29 is 19.4 Å². The Balaban J connectivity index is 1.61. The highest BCUT2D eigenvalue weighted by molar-refractivity contribution is 9.10. The molecule has 0 radical (unpaired) electrons. The molecule has 192 valence electrons. The van der Waals surface area contributed by atoms with Crippen LogP contribution in [-0.2, 0) is 24.6 Å². The number of aromatic nitrogens is 1. The molecule has 1 atom stereocenters. The maximum atomic E-state index is 11.8. The minimum absolute atomic E-state index is 0.184. The summed E-state index contributed by atoms with van der Waals surface area (Å²) in [6.07, 6.45) is 5.58. The van der Waals surface area contributed by atoms with E-state index in [1.165, 1.54) is 6.20 Å². The van der Waals surface area contributed by atoms with Crippen LogP contribution >= 0.6 is 27.5 Å². The summed E-state index contributed by atoms with van der Waals surface area (Å²) in [7, 11) is 0. The largest absolute Gasteiger partial charge is 0.488 e. The first-order valence-corrected chi connectivity index (χ1v) is 13.2. The lowest BCUT2D eigenvalue weighted by Gasteiger charge is -2.33. The van der Waals surface area contributed by atoms with E-state index in [2.05, 4.69) is 27.0 Å². The summed E-state index contributed by atoms with van der Waals surface area (Å²) in [5.74, 6) is 0.191. The third kappa shape index (κ3) is 6.80. The quantitative estimate of drug-likeness (QED) is 0.316. The topological polar surface area (TPSA) is 95.7 Å². The number of nitriles is 1. The minimum Gasteiger partial charge on any atom is -0.488 e. The van der Waals surface area contributed by atoms with Gasteiger partial charge in [0.05, 0.1) is 10.6 Å². The number of ether oxygens (including phenoxy) is 2. The number of carboxylic acids is 1. The predicted molar refractivity (Wildman–Crippen MR) is 144 cm³/mol. The van der Waals surface area contributed by atoms with Crippen LogP contribution in [0.3, 0.4) is 0 Å². The molecule has 0 bridgehead atoms. The molecule has 0 saturated carbocycles. The number of carboxylic acid groups (broad SMARTS) is 1. The van der Waals surface area contributed by atoms with Crippen LogP contribution in [0.1, 0.15) is 47.1 Å². The van der Waals surface area contributed by atoms with Gasteiger partial charge >= 0.3 is 5.97 Å². The molecule has 4 rings (SSSR count). The fraction of sp³-hybridized carbons (Fsp3) is 0.321. The van der Waals surface area contributed by atoms with Crippen LogP contribution in [0.5, 0.6) is 11.5 Å². The van der Waals surface area contributed by atoms with Gasteiger partial charge in [-0.15, -0.1) is 0 Å². The highest BCUT2D eigenvalue weighted by Crippen LogP contribution is 2.36. The third-order valence-electron chi connectivity index (χ3n) is 6.47. The zero-order valence-electron chi connectivity index (χ0n) is 20.4. The summed E-state index contributed by atoms with van der Waals surface area (Å²) in [5, 5.41) is 19.3. The monoisotopic (exact) mass is 583 g/mol. The molecule has 1 aromatic heterocycles. The Labute approximate surface area is 229 Å². The second kappa shape index (κ2) is 12.4. The standard InChI is InChI=1S/C28H27BrClN3O4/c1-18-21(5-4-6-23(18)29)17-37-27-11-26(36-16-20-9-19(12-31)13-32-14-20)22(10-24(27)30)15-33-8-3-2-7-25(33)28(34)35/h4-6,9-11,13-14,25H,2-3,7-8,15-17H2,1H3,(H,34,35)/t25-/m0/s1. The van der Waals surface area contributed by atoms with Crippen LogP contribution in [0, 0.1) is 18.3 Å². The Morgan fingerprint density at radius 2 is 2.00 bits per heavy atom. The summed E-state index contributed by atoms with van der Waals surface area (Å²) in [6.45, 7) is 3.59. The van der Waals surface area contributed by atoms with E-state index in [1.54, 1.807) is 24.4 Å². The van der Waals surface area contributed by atoms with Crippen molar-refractivity contribution in [2.75, 3.05) is 6.54 Å². The number of hydrogen-bond donors (Lipinski definition) is 1. The van der Waals surface area contributed by atoms with Crippen LogP contribution in [0.25, 0.3) is 0 Å². The molecular formula is C28H27BrClN3O4. The number of halogens is 2. The van der Waals surface area contributed by atoms with Gasteiger partial charge in [-0.25, -0.2) is 0 Å². The molecule has 0 unspecified atom stereocenters. The number of piperidine rings is 1. The summed E-state index contributed by atoms with van der Waals surface area (Å²) >= 11 is 10.2. The lowest BCUT2D eigenvalue weighted by atomic mass is 10.0. The molecule has 1 aliphatic heterocycles. The highest BCUT2D eigenvalue weighted by Gasteiger charge is 2.29. The Morgan fingerprint density at radius 3 is 2.78 bits per heavy atom. The van der Waals surface area contributed by atoms with Crippen molar-refractivity contribution in [2.45, 2.75) is 52.0 Å². The Morgan fingerprint density at radius 1 is 1.19 bits per heavy atom. The van der Waals surface area contributed by atoms with Gasteiger partial charge in [-0.3, -0.25) is 14.7 Å². The Bertz CT molecular complexity index is 1330. The summed E-state index contributed by atoms with van der Waals surface area (Å²) in [4.78, 5) is 17.9. The van der Waals surface area contributed by atoms with Crippen molar-refractivity contribution in [1.82, 2.24) is 9.88 Å². The normalized spacial score (nSPS) is 15.7. The zero-order valence-corrected chi connectivity index (χ0v) is 22.8. The van der Waals surface area contributed by atoms with E-state index in [0.29, 0.717) is 48.2 Å². The molecule has 1 aliphatic rings. The van der Waals surface area contributed by atoms with E-state index >= 15 is 0 Å². The van der Waals surface area contributed by atoms with Gasteiger partial charge in [0.25, 0.3) is 0 Å². The number of aliphatic carboxylic acids is 1. The van der Waals surface area contributed by atoms with Crippen LogP contribution in [0.2, 0.25) is 5.02 Å². The number of likely N-dealkylation sites (tertiary alicyclic amines) is 1. The van der Waals surface area contributed by atoms with E-state index < -0.39 is 12.0 Å². The third-order valence-corrected chi connectivity index (χ3v) is 7.62. The van der Waals surface area contributed by atoms with Gasteiger partial charge in [0.1, 0.15) is 36.8 Å². The maximum Gasteiger partial charge on any atom is 0.320 e. The van der Waals surface area contributed by atoms with Crippen LogP contribution in [0.15, 0.2) is 53.3 Å². The Hall–Kier alpha value is -3.12.